The van der Waals surface area contributed by atoms with Gasteiger partial charge in [0.1, 0.15) is 5.75 Å². The van der Waals surface area contributed by atoms with Gasteiger partial charge < -0.3 is 9.84 Å². The molecule has 0 radical (unpaired) electrons. The number of nitrogens with zero attached hydrogens (tertiary/aromatic N) is 2. The summed E-state index contributed by atoms with van der Waals surface area (Å²) in [4.78, 5) is 7.10. The molecule has 5 atom stereocenters. The Morgan fingerprint density at radius 3 is 3.04 bits per heavy atom. The van der Waals surface area contributed by atoms with Crippen LogP contribution in [-0.2, 0) is 0 Å². The second kappa shape index (κ2) is 5.29. The van der Waals surface area contributed by atoms with E-state index in [4.69, 9.17) is 9.84 Å². The maximum absolute atomic E-state index is 9.07. The predicted molar refractivity (Wildman–Crippen MR) is 98.9 cm³/mol. The van der Waals surface area contributed by atoms with Crippen LogP contribution in [0.15, 0.2) is 43.1 Å². The van der Waals surface area contributed by atoms with Gasteiger partial charge in [0, 0.05) is 29.2 Å². The highest BCUT2D eigenvalue weighted by Gasteiger charge is 2.68. The van der Waals surface area contributed by atoms with Crippen molar-refractivity contribution in [2.45, 2.75) is 36.9 Å². The Morgan fingerprint density at radius 1 is 1.44 bits per heavy atom. The second-order valence-corrected chi connectivity index (χ2v) is 7.82. The van der Waals surface area contributed by atoms with E-state index in [2.05, 4.69) is 22.5 Å². The maximum atomic E-state index is 9.07. The van der Waals surface area contributed by atoms with Gasteiger partial charge in [0.05, 0.1) is 18.7 Å². The van der Waals surface area contributed by atoms with E-state index in [1.807, 2.05) is 30.5 Å². The molecule has 2 N–H and O–H groups in total. The summed E-state index contributed by atoms with van der Waals surface area (Å²) < 4.78 is 5.39. The fourth-order valence-corrected chi connectivity index (χ4v) is 5.68. The molecule has 3 heterocycles. The third-order valence-electron chi connectivity index (χ3n) is 7.05. The number of hydrogen-bond acceptors (Lipinski definition) is 3. The van der Waals surface area contributed by atoms with Crippen LogP contribution >= 0.6 is 0 Å². The largest absolute Gasteiger partial charge is 0.497 e. The molecule has 3 aliphatic rings. The van der Waals surface area contributed by atoms with Crippen LogP contribution in [0.4, 0.5) is 0 Å². The lowest BCUT2D eigenvalue weighted by Crippen LogP contribution is -2.68. The molecule has 1 aromatic heterocycles. The molecule has 1 aliphatic carbocycles. The normalized spacial score (nSPS) is 34.6. The van der Waals surface area contributed by atoms with Crippen LogP contribution < -0.4 is 4.74 Å². The first-order valence-corrected chi connectivity index (χ1v) is 9.21. The van der Waals surface area contributed by atoms with Gasteiger partial charge >= 0.3 is 0 Å². The SMILES string of the molecule is C=C[C@H]1CC23CCN2C(C([OH2+])c2ccnc4ccc(OC)cc24)C[C@@H]13. The summed E-state index contributed by atoms with van der Waals surface area (Å²) in [6.45, 7) is 5.17. The minimum absolute atomic E-state index is 0.245. The molecule has 2 saturated heterocycles. The Kier molecular flexibility index (Phi) is 3.25. The topological polar surface area (TPSA) is 48.3 Å². The van der Waals surface area contributed by atoms with Crippen molar-refractivity contribution in [3.05, 3.63) is 48.7 Å². The second-order valence-electron chi connectivity index (χ2n) is 7.82. The van der Waals surface area contributed by atoms with Crippen LogP contribution in [0, 0.1) is 11.8 Å². The van der Waals surface area contributed by atoms with E-state index in [1.165, 1.54) is 12.8 Å². The minimum atomic E-state index is -0.245. The summed E-state index contributed by atoms with van der Waals surface area (Å²) in [5.74, 6) is 2.18. The van der Waals surface area contributed by atoms with Gasteiger partial charge in [0.2, 0.25) is 0 Å². The zero-order valence-corrected chi connectivity index (χ0v) is 14.6. The molecule has 3 fully saturated rings. The molecular formula is C21H25N2O2+. The molecule has 2 aliphatic heterocycles. The quantitative estimate of drug-likeness (QED) is 0.636. The van der Waals surface area contributed by atoms with Crippen LogP contribution in [0.25, 0.3) is 10.9 Å². The molecule has 0 amide bonds. The smallest absolute Gasteiger partial charge is 0.196 e. The van der Waals surface area contributed by atoms with Crippen LogP contribution in [0.1, 0.15) is 30.9 Å². The van der Waals surface area contributed by atoms with Crippen molar-refractivity contribution in [1.29, 1.82) is 0 Å². The van der Waals surface area contributed by atoms with Crippen molar-refractivity contribution in [2.75, 3.05) is 13.7 Å². The molecule has 1 spiro atoms. The van der Waals surface area contributed by atoms with E-state index < -0.39 is 0 Å². The van der Waals surface area contributed by atoms with Gasteiger partial charge in [-0.2, -0.15) is 0 Å². The summed E-state index contributed by atoms with van der Waals surface area (Å²) in [5.41, 5.74) is 2.41. The number of aromatic nitrogens is 1. The number of benzene rings is 1. The van der Waals surface area contributed by atoms with E-state index in [-0.39, 0.29) is 6.10 Å². The van der Waals surface area contributed by atoms with Crippen molar-refractivity contribution in [3.63, 3.8) is 0 Å². The van der Waals surface area contributed by atoms with Crippen LogP contribution in [-0.4, -0.2) is 40.2 Å². The molecule has 4 heteroatoms. The van der Waals surface area contributed by atoms with Gasteiger partial charge in [-0.15, -0.1) is 6.58 Å². The fraction of sp³-hybridized carbons (Fsp3) is 0.476. The highest BCUT2D eigenvalue weighted by molar-refractivity contribution is 5.84. The van der Waals surface area contributed by atoms with Gasteiger partial charge in [0.25, 0.3) is 0 Å². The number of allylic oxidation sites excluding steroid dienone is 1. The molecule has 3 unspecified atom stereocenters. The Labute approximate surface area is 148 Å². The molecular weight excluding hydrogens is 312 g/mol. The lowest BCUT2D eigenvalue weighted by molar-refractivity contribution is -0.117. The van der Waals surface area contributed by atoms with E-state index in [0.717, 1.165) is 35.2 Å². The molecule has 130 valence electrons. The first-order valence-electron chi connectivity index (χ1n) is 9.21. The number of rotatable bonds is 4. The Balaban J connectivity index is 1.52. The molecule has 0 bridgehead atoms. The average Bonchev–Trinajstić information content (AvgIpc) is 2.77. The highest BCUT2D eigenvalue weighted by Crippen LogP contribution is 2.64. The first kappa shape index (κ1) is 15.4. The van der Waals surface area contributed by atoms with Gasteiger partial charge in [-0.3, -0.25) is 9.88 Å². The summed E-state index contributed by atoms with van der Waals surface area (Å²) >= 11 is 0. The fourth-order valence-electron chi connectivity index (χ4n) is 5.68. The van der Waals surface area contributed by atoms with Gasteiger partial charge in [-0.25, -0.2) is 0 Å². The Bertz CT molecular complexity index is 851. The van der Waals surface area contributed by atoms with Gasteiger partial charge in [-0.1, -0.05) is 6.08 Å². The minimum Gasteiger partial charge on any atom is -0.497 e. The number of ether oxygens (including phenoxy) is 1. The first-order chi connectivity index (χ1) is 12.2. The Hall–Kier alpha value is -1.91. The zero-order chi connectivity index (χ0) is 17.2. The number of fused-ring (bicyclic) bond motifs is 1. The molecule has 4 nitrogen and oxygen atoms in total. The highest BCUT2D eigenvalue weighted by atomic mass is 16.5. The van der Waals surface area contributed by atoms with Crippen molar-refractivity contribution in [2.24, 2.45) is 11.8 Å². The van der Waals surface area contributed by atoms with Crippen molar-refractivity contribution in [1.82, 2.24) is 9.88 Å². The summed E-state index contributed by atoms with van der Waals surface area (Å²) in [7, 11) is 1.68. The molecule has 1 aromatic carbocycles. The maximum Gasteiger partial charge on any atom is 0.196 e. The Morgan fingerprint density at radius 2 is 2.32 bits per heavy atom. The van der Waals surface area contributed by atoms with E-state index in [9.17, 15) is 0 Å². The lowest BCUT2D eigenvalue weighted by Gasteiger charge is -2.62. The summed E-state index contributed by atoms with van der Waals surface area (Å²) in [6, 6.07) is 8.29. The van der Waals surface area contributed by atoms with Crippen molar-refractivity contribution >= 4 is 10.9 Å². The number of methoxy groups -OCH3 is 1. The average molecular weight is 337 g/mol. The van der Waals surface area contributed by atoms with E-state index >= 15 is 0 Å². The van der Waals surface area contributed by atoms with Crippen LogP contribution in [0.2, 0.25) is 0 Å². The molecule has 2 aromatic rings. The lowest BCUT2D eigenvalue weighted by atomic mass is 9.55. The predicted octanol–water partition coefficient (Wildman–Crippen LogP) is 3.05. The van der Waals surface area contributed by atoms with E-state index in [1.54, 1.807) is 7.11 Å². The number of pyridine rings is 1. The van der Waals surface area contributed by atoms with Gasteiger partial charge in [-0.05, 0) is 55.4 Å². The van der Waals surface area contributed by atoms with Crippen LogP contribution in [0.5, 0.6) is 5.75 Å². The zero-order valence-electron chi connectivity index (χ0n) is 14.6. The van der Waals surface area contributed by atoms with Crippen molar-refractivity contribution in [3.8, 4) is 5.75 Å². The summed E-state index contributed by atoms with van der Waals surface area (Å²) in [5, 5.41) is 10.1. The van der Waals surface area contributed by atoms with Crippen LogP contribution in [0.3, 0.4) is 0 Å². The standard InChI is InChI=1S/C21H24N2O2/c1-3-13-12-21-7-9-23(21)19(11-17(13)21)20(24)15-6-8-22-18-5-4-14(25-2)10-16(15)18/h3-6,8,10,13,17,19-20,24H,1,7,9,11-12H2,2H3/p+1/t13-,17-,19?,20?,21?/m0/s1. The summed E-state index contributed by atoms with van der Waals surface area (Å²) in [6.07, 6.45) is 7.41. The van der Waals surface area contributed by atoms with Crippen molar-refractivity contribution < 1.29 is 9.84 Å². The molecule has 25 heavy (non-hydrogen) atoms. The monoisotopic (exact) mass is 337 g/mol. The molecule has 5 rings (SSSR count). The van der Waals surface area contributed by atoms with Gasteiger partial charge in [0.15, 0.2) is 6.10 Å². The third-order valence-corrected chi connectivity index (χ3v) is 7.05. The van der Waals surface area contributed by atoms with E-state index in [0.29, 0.717) is 23.4 Å². The molecule has 1 saturated carbocycles. The number of hydrogen-bond donors (Lipinski definition) is 0. The third kappa shape index (κ3) is 1.92.